The third-order valence-electron chi connectivity index (χ3n) is 7.39. The van der Waals surface area contributed by atoms with Gasteiger partial charge in [-0.3, -0.25) is 9.69 Å². The molecular formula is C24H30N2O3. The van der Waals surface area contributed by atoms with Gasteiger partial charge in [0.2, 0.25) is 5.91 Å². The summed E-state index contributed by atoms with van der Waals surface area (Å²) in [6.07, 6.45) is 9.50. The average Bonchev–Trinajstić information content (AvgIpc) is 2.74. The van der Waals surface area contributed by atoms with Crippen molar-refractivity contribution >= 4 is 18.0 Å². The molecule has 5 heteroatoms. The van der Waals surface area contributed by atoms with Gasteiger partial charge in [0.15, 0.2) is 0 Å². The molecule has 0 spiro atoms. The van der Waals surface area contributed by atoms with Crippen LogP contribution in [0.1, 0.15) is 44.1 Å². The summed E-state index contributed by atoms with van der Waals surface area (Å²) >= 11 is 0. The summed E-state index contributed by atoms with van der Waals surface area (Å²) < 4.78 is 5.78. The molecule has 0 N–H and O–H groups in total. The minimum absolute atomic E-state index is 0.0258. The van der Waals surface area contributed by atoms with Gasteiger partial charge < -0.3 is 9.64 Å². The summed E-state index contributed by atoms with van der Waals surface area (Å²) in [6, 6.07) is 10.8. The molecule has 1 aromatic carbocycles. The predicted octanol–water partition coefficient (Wildman–Crippen LogP) is 3.11. The number of fused-ring (bicyclic) bond motifs is 6. The summed E-state index contributed by atoms with van der Waals surface area (Å²) in [6.45, 7) is 2.82. The van der Waals surface area contributed by atoms with Crippen LogP contribution in [-0.4, -0.2) is 59.5 Å². The molecular weight excluding hydrogens is 364 g/mol. The van der Waals surface area contributed by atoms with Gasteiger partial charge in [-0.15, -0.1) is 0 Å². The quantitative estimate of drug-likeness (QED) is 0.584. The molecule has 4 heterocycles. The number of hydrogen-bond acceptors (Lipinski definition) is 4. The predicted molar refractivity (Wildman–Crippen MR) is 111 cm³/mol. The summed E-state index contributed by atoms with van der Waals surface area (Å²) in [5.41, 5.74) is 1.00. The lowest BCUT2D eigenvalue weighted by Gasteiger charge is -2.57. The molecule has 154 valence electrons. The summed E-state index contributed by atoms with van der Waals surface area (Å²) in [5.74, 6) is 1.29. The number of nitrogens with zero attached hydrogens (tertiary/aromatic N) is 2. The third kappa shape index (κ3) is 3.85. The molecule has 5 rings (SSSR count). The van der Waals surface area contributed by atoms with Crippen molar-refractivity contribution in [3.63, 3.8) is 0 Å². The van der Waals surface area contributed by atoms with Crippen LogP contribution in [0.5, 0.6) is 0 Å². The van der Waals surface area contributed by atoms with Crippen molar-refractivity contribution in [3.05, 3.63) is 42.0 Å². The number of benzene rings is 1. The molecule has 0 radical (unpaired) electrons. The lowest BCUT2D eigenvalue weighted by atomic mass is 9.70. The smallest absolute Gasteiger partial charge is 0.331 e. The van der Waals surface area contributed by atoms with Gasteiger partial charge in [0, 0.05) is 44.2 Å². The van der Waals surface area contributed by atoms with Gasteiger partial charge in [0.1, 0.15) is 6.10 Å². The van der Waals surface area contributed by atoms with Crippen LogP contribution in [-0.2, 0) is 14.3 Å². The lowest BCUT2D eigenvalue weighted by Crippen LogP contribution is -2.65. The number of esters is 1. The molecule has 1 amide bonds. The summed E-state index contributed by atoms with van der Waals surface area (Å²) in [4.78, 5) is 29.5. The second kappa shape index (κ2) is 7.94. The van der Waals surface area contributed by atoms with Crippen molar-refractivity contribution in [3.8, 4) is 0 Å². The molecule has 0 aromatic heterocycles. The van der Waals surface area contributed by atoms with E-state index in [0.29, 0.717) is 29.8 Å². The topological polar surface area (TPSA) is 49.9 Å². The second-order valence-electron chi connectivity index (χ2n) is 9.16. The van der Waals surface area contributed by atoms with Gasteiger partial charge in [0.25, 0.3) is 0 Å². The molecule has 1 aromatic rings. The van der Waals surface area contributed by atoms with E-state index in [2.05, 4.69) is 9.80 Å². The molecule has 5 atom stereocenters. The maximum Gasteiger partial charge on any atom is 0.331 e. The Labute approximate surface area is 172 Å². The van der Waals surface area contributed by atoms with Gasteiger partial charge in [-0.2, -0.15) is 0 Å². The maximum atomic E-state index is 12.4. The SMILES string of the molecule is O=C(/C=C/c1ccccc1)O[C@H]1CCC2C3CC(CN2C1)C1CCCC(=O)N1C3. The van der Waals surface area contributed by atoms with Crippen LogP contribution in [0.25, 0.3) is 6.08 Å². The van der Waals surface area contributed by atoms with Crippen LogP contribution in [0.4, 0.5) is 0 Å². The van der Waals surface area contributed by atoms with E-state index in [1.165, 1.54) is 12.5 Å². The zero-order chi connectivity index (χ0) is 19.8. The zero-order valence-electron chi connectivity index (χ0n) is 16.9. The van der Waals surface area contributed by atoms with Crippen LogP contribution in [0, 0.1) is 11.8 Å². The Kier molecular flexibility index (Phi) is 5.17. The second-order valence-corrected chi connectivity index (χ2v) is 9.16. The van der Waals surface area contributed by atoms with Crippen LogP contribution in [0.3, 0.4) is 0 Å². The number of ether oxygens (including phenoxy) is 1. The third-order valence-corrected chi connectivity index (χ3v) is 7.39. The lowest BCUT2D eigenvalue weighted by molar-refractivity contribution is -0.157. The average molecular weight is 395 g/mol. The van der Waals surface area contributed by atoms with Gasteiger partial charge in [-0.05, 0) is 55.6 Å². The van der Waals surface area contributed by atoms with Crippen LogP contribution < -0.4 is 0 Å². The Morgan fingerprint density at radius 1 is 1.00 bits per heavy atom. The van der Waals surface area contributed by atoms with Crippen molar-refractivity contribution in [2.24, 2.45) is 11.8 Å². The van der Waals surface area contributed by atoms with Crippen molar-refractivity contribution in [2.45, 2.75) is 56.7 Å². The number of amides is 1. The minimum atomic E-state index is -0.251. The Bertz CT molecular complexity index is 793. The van der Waals surface area contributed by atoms with E-state index < -0.39 is 0 Å². The highest BCUT2D eigenvalue weighted by molar-refractivity contribution is 5.87. The van der Waals surface area contributed by atoms with E-state index in [-0.39, 0.29) is 12.1 Å². The monoisotopic (exact) mass is 394 g/mol. The minimum Gasteiger partial charge on any atom is -0.458 e. The van der Waals surface area contributed by atoms with E-state index in [1.54, 1.807) is 0 Å². The van der Waals surface area contributed by atoms with Crippen LogP contribution >= 0.6 is 0 Å². The van der Waals surface area contributed by atoms with Gasteiger partial charge in [-0.1, -0.05) is 30.3 Å². The number of carbonyl (C=O) groups is 2. The summed E-state index contributed by atoms with van der Waals surface area (Å²) in [5, 5.41) is 0. The fourth-order valence-corrected chi connectivity index (χ4v) is 6.12. The largest absolute Gasteiger partial charge is 0.458 e. The molecule has 4 aliphatic heterocycles. The number of piperidine rings is 4. The molecule has 2 bridgehead atoms. The fraction of sp³-hybridized carbons (Fsp3) is 0.583. The molecule has 4 unspecified atom stereocenters. The highest BCUT2D eigenvalue weighted by atomic mass is 16.5. The molecule has 4 fully saturated rings. The Balaban J connectivity index is 1.20. The fourth-order valence-electron chi connectivity index (χ4n) is 6.12. The summed E-state index contributed by atoms with van der Waals surface area (Å²) in [7, 11) is 0. The molecule has 29 heavy (non-hydrogen) atoms. The van der Waals surface area contributed by atoms with E-state index in [0.717, 1.165) is 57.3 Å². The van der Waals surface area contributed by atoms with Crippen molar-refractivity contribution in [2.75, 3.05) is 19.6 Å². The normalized spacial score (nSPS) is 34.6. The molecule has 4 aliphatic rings. The highest BCUT2D eigenvalue weighted by Gasteiger charge is 2.49. The zero-order valence-corrected chi connectivity index (χ0v) is 16.9. The van der Waals surface area contributed by atoms with Gasteiger partial charge >= 0.3 is 5.97 Å². The van der Waals surface area contributed by atoms with E-state index >= 15 is 0 Å². The molecule has 4 saturated heterocycles. The Hall–Kier alpha value is -2.14. The van der Waals surface area contributed by atoms with Crippen molar-refractivity contribution in [1.29, 1.82) is 0 Å². The van der Waals surface area contributed by atoms with E-state index in [4.69, 9.17) is 4.74 Å². The highest BCUT2D eigenvalue weighted by Crippen LogP contribution is 2.43. The van der Waals surface area contributed by atoms with E-state index in [9.17, 15) is 9.59 Å². The molecule has 5 nitrogen and oxygen atoms in total. The van der Waals surface area contributed by atoms with Crippen molar-refractivity contribution in [1.82, 2.24) is 9.80 Å². The van der Waals surface area contributed by atoms with Crippen LogP contribution in [0.2, 0.25) is 0 Å². The Morgan fingerprint density at radius 3 is 2.69 bits per heavy atom. The van der Waals surface area contributed by atoms with E-state index in [1.807, 2.05) is 36.4 Å². The molecule has 0 saturated carbocycles. The van der Waals surface area contributed by atoms with Gasteiger partial charge in [-0.25, -0.2) is 4.79 Å². The Morgan fingerprint density at radius 2 is 1.83 bits per heavy atom. The first-order valence-corrected chi connectivity index (χ1v) is 11.1. The maximum absolute atomic E-state index is 12.4. The van der Waals surface area contributed by atoms with Gasteiger partial charge in [0.05, 0.1) is 0 Å². The van der Waals surface area contributed by atoms with Crippen molar-refractivity contribution < 1.29 is 14.3 Å². The molecule has 0 aliphatic carbocycles. The first-order chi connectivity index (χ1) is 14.2. The number of carbonyl (C=O) groups excluding carboxylic acids is 2. The standard InChI is InChI=1S/C24H30N2O3/c27-23-8-4-7-22-18-13-19(15-26(22)23)21-11-10-20(16-25(21)14-18)29-24(28)12-9-17-5-2-1-3-6-17/h1-3,5-6,9,12,18-22H,4,7-8,10-11,13-16H2/b12-9+/t18?,19?,20-,21?,22?/m0/s1. The number of rotatable bonds is 3. The van der Waals surface area contributed by atoms with Crippen LogP contribution in [0.15, 0.2) is 36.4 Å². The first kappa shape index (κ1) is 18.9. The first-order valence-electron chi connectivity index (χ1n) is 11.1. The number of hydrogen-bond donors (Lipinski definition) is 0.